The van der Waals surface area contributed by atoms with E-state index < -0.39 is 10.8 Å². The van der Waals surface area contributed by atoms with Gasteiger partial charge in [-0.25, -0.2) is 0 Å². The summed E-state index contributed by atoms with van der Waals surface area (Å²) in [5, 5.41) is 3.43. The van der Waals surface area contributed by atoms with Crippen LogP contribution in [0.3, 0.4) is 0 Å². The second-order valence-corrected chi connectivity index (χ2v) is 6.16. The van der Waals surface area contributed by atoms with Crippen molar-refractivity contribution in [3.63, 3.8) is 0 Å². The zero-order chi connectivity index (χ0) is 12.8. The number of hydrogen-bond donors (Lipinski definition) is 1. The number of nitrogens with one attached hydrogen (secondary N) is 1. The molecule has 2 atom stereocenters. The lowest BCUT2D eigenvalue weighted by atomic mass is 10.0. The van der Waals surface area contributed by atoms with E-state index in [9.17, 15) is 4.21 Å². The van der Waals surface area contributed by atoms with Crippen LogP contribution in [0.15, 0.2) is 18.2 Å². The van der Waals surface area contributed by atoms with Gasteiger partial charge >= 0.3 is 0 Å². The highest BCUT2D eigenvalue weighted by Crippen LogP contribution is 2.20. The number of rotatable bonds is 6. The third kappa shape index (κ3) is 4.25. The molecule has 0 bridgehead atoms. The van der Waals surface area contributed by atoms with Crippen LogP contribution in [0.4, 0.5) is 0 Å². The molecule has 0 saturated heterocycles. The van der Waals surface area contributed by atoms with E-state index in [1.165, 1.54) is 16.7 Å². The van der Waals surface area contributed by atoms with E-state index in [-0.39, 0.29) is 6.04 Å². The van der Waals surface area contributed by atoms with Crippen molar-refractivity contribution in [1.29, 1.82) is 0 Å². The van der Waals surface area contributed by atoms with Crippen molar-refractivity contribution in [2.45, 2.75) is 33.7 Å². The maximum absolute atomic E-state index is 11.7. The van der Waals surface area contributed by atoms with Crippen molar-refractivity contribution in [2.24, 2.45) is 0 Å². The molecular formula is C14H23NOS. The molecule has 1 rings (SSSR count). The second-order valence-electron chi connectivity index (χ2n) is 4.37. The predicted molar refractivity (Wildman–Crippen MR) is 75.9 cm³/mol. The quantitative estimate of drug-likeness (QED) is 0.844. The molecule has 1 N–H and O–H groups in total. The summed E-state index contributed by atoms with van der Waals surface area (Å²) in [6, 6.07) is 6.68. The SMILES string of the molecule is CCNC(CS(=O)CC)c1ccc(C)cc1C. The first-order valence-electron chi connectivity index (χ1n) is 6.24. The molecule has 96 valence electrons. The molecular weight excluding hydrogens is 230 g/mol. The fraction of sp³-hybridized carbons (Fsp3) is 0.571. The van der Waals surface area contributed by atoms with E-state index in [1.54, 1.807) is 0 Å². The maximum atomic E-state index is 11.7. The molecule has 0 radical (unpaired) electrons. The summed E-state index contributed by atoms with van der Waals surface area (Å²) < 4.78 is 11.7. The Morgan fingerprint density at radius 3 is 2.53 bits per heavy atom. The molecule has 0 aliphatic heterocycles. The summed E-state index contributed by atoms with van der Waals surface area (Å²) in [5.74, 6) is 1.43. The van der Waals surface area contributed by atoms with E-state index >= 15 is 0 Å². The Bertz CT molecular complexity index is 390. The van der Waals surface area contributed by atoms with E-state index in [2.05, 4.69) is 44.3 Å². The van der Waals surface area contributed by atoms with Crippen molar-refractivity contribution >= 4 is 10.8 Å². The number of benzene rings is 1. The fourth-order valence-electron chi connectivity index (χ4n) is 2.03. The minimum absolute atomic E-state index is 0.210. The highest BCUT2D eigenvalue weighted by atomic mass is 32.2. The molecule has 0 aliphatic rings. The molecule has 1 aromatic carbocycles. The van der Waals surface area contributed by atoms with Gasteiger partial charge in [0.1, 0.15) is 0 Å². The van der Waals surface area contributed by atoms with Gasteiger partial charge in [-0.05, 0) is 31.5 Å². The first-order chi connectivity index (χ1) is 8.08. The van der Waals surface area contributed by atoms with Crippen LogP contribution in [-0.4, -0.2) is 22.3 Å². The van der Waals surface area contributed by atoms with Gasteiger partial charge in [0.2, 0.25) is 0 Å². The first kappa shape index (κ1) is 14.4. The lowest BCUT2D eigenvalue weighted by Crippen LogP contribution is -2.27. The monoisotopic (exact) mass is 253 g/mol. The molecule has 2 nitrogen and oxygen atoms in total. The minimum Gasteiger partial charge on any atom is -0.309 e. The molecule has 0 spiro atoms. The molecule has 0 aromatic heterocycles. The van der Waals surface area contributed by atoms with Gasteiger partial charge in [0.05, 0.1) is 0 Å². The van der Waals surface area contributed by atoms with Gasteiger partial charge in [0.15, 0.2) is 0 Å². The first-order valence-corrected chi connectivity index (χ1v) is 7.72. The molecule has 0 fully saturated rings. The Balaban J connectivity index is 2.92. The Hall–Kier alpha value is -0.670. The molecule has 0 amide bonds. The van der Waals surface area contributed by atoms with Crippen LogP contribution >= 0.6 is 0 Å². The van der Waals surface area contributed by atoms with Crippen molar-refractivity contribution in [3.8, 4) is 0 Å². The number of aryl methyl sites for hydroxylation is 2. The molecule has 2 unspecified atom stereocenters. The van der Waals surface area contributed by atoms with Crippen LogP contribution in [0, 0.1) is 13.8 Å². The van der Waals surface area contributed by atoms with Crippen molar-refractivity contribution in [3.05, 3.63) is 34.9 Å². The third-order valence-electron chi connectivity index (χ3n) is 2.93. The van der Waals surface area contributed by atoms with Crippen LogP contribution in [0.1, 0.15) is 36.6 Å². The minimum atomic E-state index is -0.735. The lowest BCUT2D eigenvalue weighted by molar-refractivity contribution is 0.592. The molecule has 0 aliphatic carbocycles. The normalized spacial score (nSPS) is 14.6. The van der Waals surface area contributed by atoms with Gasteiger partial charge < -0.3 is 5.32 Å². The van der Waals surface area contributed by atoms with Gasteiger partial charge in [0.25, 0.3) is 0 Å². The largest absolute Gasteiger partial charge is 0.309 e. The van der Waals surface area contributed by atoms with Crippen LogP contribution in [0.5, 0.6) is 0 Å². The summed E-state index contributed by atoms with van der Waals surface area (Å²) in [6.07, 6.45) is 0. The van der Waals surface area contributed by atoms with Crippen molar-refractivity contribution < 1.29 is 4.21 Å². The van der Waals surface area contributed by atoms with Crippen LogP contribution in [-0.2, 0) is 10.8 Å². The lowest BCUT2D eigenvalue weighted by Gasteiger charge is -2.20. The molecule has 1 aromatic rings. The summed E-state index contributed by atoms with van der Waals surface area (Å²) in [6.45, 7) is 9.19. The summed E-state index contributed by atoms with van der Waals surface area (Å²) in [4.78, 5) is 0. The Kier molecular flexibility index (Phi) is 5.86. The zero-order valence-corrected chi connectivity index (χ0v) is 12.1. The Morgan fingerprint density at radius 2 is 2.00 bits per heavy atom. The van der Waals surface area contributed by atoms with Gasteiger partial charge in [-0.15, -0.1) is 0 Å². The van der Waals surface area contributed by atoms with Gasteiger partial charge in [-0.3, -0.25) is 4.21 Å². The fourth-order valence-corrected chi connectivity index (χ4v) is 2.93. The van der Waals surface area contributed by atoms with E-state index in [0.29, 0.717) is 5.75 Å². The average molecular weight is 253 g/mol. The van der Waals surface area contributed by atoms with Crippen molar-refractivity contribution in [2.75, 3.05) is 18.1 Å². The van der Waals surface area contributed by atoms with Crippen LogP contribution in [0.2, 0.25) is 0 Å². The topological polar surface area (TPSA) is 29.1 Å². The zero-order valence-electron chi connectivity index (χ0n) is 11.2. The maximum Gasteiger partial charge on any atom is 0.0439 e. The summed E-state index contributed by atoms with van der Waals surface area (Å²) in [7, 11) is -0.735. The van der Waals surface area contributed by atoms with Gasteiger partial charge in [-0.2, -0.15) is 0 Å². The average Bonchev–Trinajstić information content (AvgIpc) is 2.28. The summed E-state index contributed by atoms with van der Waals surface area (Å²) >= 11 is 0. The van der Waals surface area contributed by atoms with Crippen molar-refractivity contribution in [1.82, 2.24) is 5.32 Å². The van der Waals surface area contributed by atoms with Gasteiger partial charge in [-0.1, -0.05) is 37.6 Å². The molecule has 3 heteroatoms. The molecule has 17 heavy (non-hydrogen) atoms. The van der Waals surface area contributed by atoms with E-state index in [1.807, 2.05) is 6.92 Å². The predicted octanol–water partition coefficient (Wildman–Crippen LogP) is 2.72. The highest BCUT2D eigenvalue weighted by Gasteiger charge is 2.15. The third-order valence-corrected chi connectivity index (χ3v) is 4.27. The molecule has 0 saturated carbocycles. The van der Waals surface area contributed by atoms with Gasteiger partial charge in [0, 0.05) is 28.3 Å². The Morgan fingerprint density at radius 1 is 1.29 bits per heavy atom. The van der Waals surface area contributed by atoms with Crippen LogP contribution in [0.25, 0.3) is 0 Å². The highest BCUT2D eigenvalue weighted by molar-refractivity contribution is 7.84. The second kappa shape index (κ2) is 6.92. The van der Waals surface area contributed by atoms with E-state index in [4.69, 9.17) is 0 Å². The smallest absolute Gasteiger partial charge is 0.0439 e. The number of hydrogen-bond acceptors (Lipinski definition) is 2. The molecule has 0 heterocycles. The summed E-state index contributed by atoms with van der Waals surface area (Å²) in [5.41, 5.74) is 3.83. The Labute approximate surface area is 107 Å². The van der Waals surface area contributed by atoms with E-state index in [0.717, 1.165) is 12.3 Å². The standard InChI is InChI=1S/C14H23NOS/c1-5-15-14(10-17(16)6-2)13-8-7-11(3)9-12(13)4/h7-9,14-15H,5-6,10H2,1-4H3. The van der Waals surface area contributed by atoms with Crippen LogP contribution < -0.4 is 5.32 Å².